The Labute approximate surface area is 120 Å². The minimum Gasteiger partial charge on any atom is -0.481 e. The first-order valence-corrected chi connectivity index (χ1v) is 7.66. The molecule has 0 radical (unpaired) electrons. The number of nitrogens with zero attached hydrogens (tertiary/aromatic N) is 1. The fourth-order valence-corrected chi connectivity index (χ4v) is 3.82. The number of hydrogen-bond donors (Lipinski definition) is 1. The zero-order chi connectivity index (χ0) is 14.0. The Morgan fingerprint density at radius 2 is 2.05 bits per heavy atom. The van der Waals surface area contributed by atoms with Gasteiger partial charge in [0.2, 0.25) is 0 Å². The molecule has 20 heavy (non-hydrogen) atoms. The molecule has 0 bridgehead atoms. The van der Waals surface area contributed by atoms with E-state index in [2.05, 4.69) is 35.2 Å². The summed E-state index contributed by atoms with van der Waals surface area (Å²) in [5.41, 5.74) is 1.74. The summed E-state index contributed by atoms with van der Waals surface area (Å²) in [5, 5.41) is 8.94. The summed E-state index contributed by atoms with van der Waals surface area (Å²) in [6.07, 6.45) is 5.12. The number of benzene rings is 1. The Bertz CT molecular complexity index is 473. The number of hydrogen-bond acceptors (Lipinski definition) is 2. The van der Waals surface area contributed by atoms with Crippen LogP contribution in [-0.2, 0) is 11.3 Å². The normalized spacial score (nSPS) is 30.1. The Morgan fingerprint density at radius 1 is 1.25 bits per heavy atom. The Hall–Kier alpha value is -1.35. The van der Waals surface area contributed by atoms with Crippen molar-refractivity contribution in [2.24, 2.45) is 11.3 Å². The quantitative estimate of drug-likeness (QED) is 0.916. The maximum atomic E-state index is 10.9. The first-order valence-electron chi connectivity index (χ1n) is 7.66. The topological polar surface area (TPSA) is 40.5 Å². The standard InChI is InChI=1S/C17H23NO2/c19-16(20)11-15-12-17(15)7-4-9-18(10-8-17)13-14-5-2-1-3-6-14/h1-3,5-6,15H,4,7-13H2,(H,19,20). The smallest absolute Gasteiger partial charge is 0.303 e. The molecule has 108 valence electrons. The Kier molecular flexibility index (Phi) is 3.79. The summed E-state index contributed by atoms with van der Waals surface area (Å²) in [6, 6.07) is 10.6. The molecule has 2 fully saturated rings. The van der Waals surface area contributed by atoms with Crippen molar-refractivity contribution in [1.29, 1.82) is 0 Å². The lowest BCUT2D eigenvalue weighted by Gasteiger charge is -2.20. The molecule has 1 aliphatic carbocycles. The second-order valence-corrected chi connectivity index (χ2v) is 6.48. The maximum absolute atomic E-state index is 10.9. The Balaban J connectivity index is 1.54. The number of carbonyl (C=O) groups is 1. The first kappa shape index (κ1) is 13.6. The monoisotopic (exact) mass is 273 g/mol. The molecule has 1 aliphatic heterocycles. The highest BCUT2D eigenvalue weighted by atomic mass is 16.4. The highest BCUT2D eigenvalue weighted by Crippen LogP contribution is 2.60. The van der Waals surface area contributed by atoms with Gasteiger partial charge in [0, 0.05) is 13.0 Å². The fourth-order valence-electron chi connectivity index (χ4n) is 3.82. The molecule has 3 nitrogen and oxygen atoms in total. The van der Waals surface area contributed by atoms with Crippen LogP contribution >= 0.6 is 0 Å². The van der Waals surface area contributed by atoms with Crippen LogP contribution in [-0.4, -0.2) is 29.1 Å². The van der Waals surface area contributed by atoms with Crippen molar-refractivity contribution in [1.82, 2.24) is 4.90 Å². The van der Waals surface area contributed by atoms with E-state index in [0.29, 0.717) is 17.8 Å². The van der Waals surface area contributed by atoms with Crippen molar-refractivity contribution in [3.8, 4) is 0 Å². The van der Waals surface area contributed by atoms with E-state index >= 15 is 0 Å². The molecular weight excluding hydrogens is 250 g/mol. The average molecular weight is 273 g/mol. The highest BCUT2D eigenvalue weighted by molar-refractivity contribution is 5.67. The van der Waals surface area contributed by atoms with Crippen molar-refractivity contribution in [3.05, 3.63) is 35.9 Å². The third kappa shape index (κ3) is 3.04. The van der Waals surface area contributed by atoms with E-state index in [1.165, 1.54) is 24.8 Å². The zero-order valence-corrected chi connectivity index (χ0v) is 11.9. The SMILES string of the molecule is O=C(O)CC1CC12CCCN(Cc1ccccc1)CC2. The van der Waals surface area contributed by atoms with Crippen LogP contribution in [0.1, 0.15) is 37.7 Å². The molecule has 2 aliphatic rings. The van der Waals surface area contributed by atoms with Gasteiger partial charge in [-0.3, -0.25) is 9.69 Å². The molecule has 1 saturated carbocycles. The van der Waals surface area contributed by atoms with Crippen LogP contribution in [0.5, 0.6) is 0 Å². The molecule has 2 unspecified atom stereocenters. The summed E-state index contributed by atoms with van der Waals surface area (Å²) in [5.74, 6) is -0.186. The maximum Gasteiger partial charge on any atom is 0.303 e. The molecule has 3 rings (SSSR count). The predicted molar refractivity (Wildman–Crippen MR) is 78.4 cm³/mol. The van der Waals surface area contributed by atoms with Crippen LogP contribution in [0, 0.1) is 11.3 Å². The molecule has 2 atom stereocenters. The van der Waals surface area contributed by atoms with E-state index in [9.17, 15) is 4.79 Å². The van der Waals surface area contributed by atoms with Gasteiger partial charge in [-0.15, -0.1) is 0 Å². The number of likely N-dealkylation sites (tertiary alicyclic amines) is 1. The summed E-state index contributed by atoms with van der Waals surface area (Å²) >= 11 is 0. The van der Waals surface area contributed by atoms with E-state index in [-0.39, 0.29) is 0 Å². The molecule has 0 aromatic heterocycles. The molecule has 1 spiro atoms. The first-order chi connectivity index (χ1) is 9.68. The van der Waals surface area contributed by atoms with Gasteiger partial charge in [-0.1, -0.05) is 30.3 Å². The van der Waals surface area contributed by atoms with Crippen LogP contribution in [0.3, 0.4) is 0 Å². The molecule has 1 N–H and O–H groups in total. The van der Waals surface area contributed by atoms with E-state index in [1.54, 1.807) is 0 Å². The zero-order valence-electron chi connectivity index (χ0n) is 11.9. The van der Waals surface area contributed by atoms with E-state index < -0.39 is 5.97 Å². The lowest BCUT2D eigenvalue weighted by Crippen LogP contribution is -2.24. The fraction of sp³-hybridized carbons (Fsp3) is 0.588. The van der Waals surface area contributed by atoms with Crippen LogP contribution in [0.4, 0.5) is 0 Å². The summed E-state index contributed by atoms with van der Waals surface area (Å²) in [6.45, 7) is 3.29. The average Bonchev–Trinajstić information content (AvgIpc) is 3.13. The van der Waals surface area contributed by atoms with Gasteiger partial charge in [-0.05, 0) is 55.7 Å². The van der Waals surface area contributed by atoms with Crippen molar-refractivity contribution in [2.45, 2.75) is 38.6 Å². The van der Waals surface area contributed by atoms with Crippen LogP contribution < -0.4 is 0 Å². The molecule has 1 aromatic rings. The summed E-state index contributed by atoms with van der Waals surface area (Å²) < 4.78 is 0. The third-order valence-electron chi connectivity index (χ3n) is 5.10. The number of carboxylic acid groups (broad SMARTS) is 1. The van der Waals surface area contributed by atoms with Crippen molar-refractivity contribution < 1.29 is 9.90 Å². The van der Waals surface area contributed by atoms with E-state index in [4.69, 9.17) is 5.11 Å². The van der Waals surface area contributed by atoms with E-state index in [0.717, 1.165) is 26.1 Å². The largest absolute Gasteiger partial charge is 0.481 e. The third-order valence-corrected chi connectivity index (χ3v) is 5.10. The van der Waals surface area contributed by atoms with Gasteiger partial charge in [0.05, 0.1) is 0 Å². The van der Waals surface area contributed by atoms with Crippen molar-refractivity contribution in [3.63, 3.8) is 0 Å². The number of rotatable bonds is 4. The van der Waals surface area contributed by atoms with Crippen LogP contribution in [0.2, 0.25) is 0 Å². The van der Waals surface area contributed by atoms with Crippen LogP contribution in [0.15, 0.2) is 30.3 Å². The lowest BCUT2D eigenvalue weighted by molar-refractivity contribution is -0.137. The van der Waals surface area contributed by atoms with Crippen LogP contribution in [0.25, 0.3) is 0 Å². The minimum absolute atomic E-state index is 0.365. The molecule has 1 heterocycles. The molecule has 3 heteroatoms. The van der Waals surface area contributed by atoms with E-state index in [1.807, 2.05) is 0 Å². The number of carboxylic acids is 1. The van der Waals surface area contributed by atoms with Crippen molar-refractivity contribution in [2.75, 3.05) is 13.1 Å². The summed E-state index contributed by atoms with van der Waals surface area (Å²) in [7, 11) is 0. The minimum atomic E-state index is -0.628. The summed E-state index contributed by atoms with van der Waals surface area (Å²) in [4.78, 5) is 13.4. The van der Waals surface area contributed by atoms with Gasteiger partial charge in [0.25, 0.3) is 0 Å². The van der Waals surface area contributed by atoms with Gasteiger partial charge >= 0.3 is 5.97 Å². The van der Waals surface area contributed by atoms with Gasteiger partial charge in [-0.2, -0.15) is 0 Å². The number of aliphatic carboxylic acids is 1. The second kappa shape index (κ2) is 5.57. The van der Waals surface area contributed by atoms with Crippen molar-refractivity contribution >= 4 is 5.97 Å². The molecule has 1 aromatic carbocycles. The molecule has 0 amide bonds. The molecule has 1 saturated heterocycles. The predicted octanol–water partition coefficient (Wildman–Crippen LogP) is 3.15. The highest BCUT2D eigenvalue weighted by Gasteiger charge is 2.53. The van der Waals surface area contributed by atoms with Gasteiger partial charge in [0.1, 0.15) is 0 Å². The molecular formula is C17H23NO2. The Morgan fingerprint density at radius 3 is 2.80 bits per heavy atom. The van der Waals surface area contributed by atoms with Gasteiger partial charge in [-0.25, -0.2) is 0 Å². The second-order valence-electron chi connectivity index (χ2n) is 6.48. The van der Waals surface area contributed by atoms with Gasteiger partial charge < -0.3 is 5.11 Å². The lowest BCUT2D eigenvalue weighted by atomic mass is 9.93. The van der Waals surface area contributed by atoms with Gasteiger partial charge in [0.15, 0.2) is 0 Å².